The van der Waals surface area contributed by atoms with E-state index in [1.165, 1.54) is 16.3 Å². The molecule has 0 aliphatic carbocycles. The lowest BCUT2D eigenvalue weighted by Crippen LogP contribution is -2.42. The number of H-pyrrole nitrogens is 1. The van der Waals surface area contributed by atoms with Gasteiger partial charge in [0.15, 0.2) is 0 Å². The third-order valence-electron chi connectivity index (χ3n) is 3.86. The molecule has 1 N–H and O–H groups in total. The van der Waals surface area contributed by atoms with Gasteiger partial charge in [0.1, 0.15) is 16.4 Å². The molecule has 8 nitrogen and oxygen atoms in total. The molecule has 0 bridgehead atoms. The van der Waals surface area contributed by atoms with Crippen molar-refractivity contribution in [2.45, 2.75) is 17.6 Å². The van der Waals surface area contributed by atoms with E-state index in [1.54, 1.807) is 25.2 Å². The summed E-state index contributed by atoms with van der Waals surface area (Å²) in [6, 6.07) is 1.51. The Balaban J connectivity index is 2.02. The first-order chi connectivity index (χ1) is 11.1. The van der Waals surface area contributed by atoms with Crippen LogP contribution in [0.3, 0.4) is 0 Å². The van der Waals surface area contributed by atoms with E-state index in [4.69, 9.17) is 9.47 Å². The highest BCUT2D eigenvalue weighted by atomic mass is 32.2. The van der Waals surface area contributed by atoms with Crippen LogP contribution in [0.1, 0.15) is 16.1 Å². The Bertz CT molecular complexity index is 794. The summed E-state index contributed by atoms with van der Waals surface area (Å²) in [6.07, 6.45) is 1.88. The maximum absolute atomic E-state index is 12.7. The van der Waals surface area contributed by atoms with Crippen LogP contribution in [0.25, 0.3) is 5.65 Å². The number of aromatic nitrogens is 3. The zero-order chi connectivity index (χ0) is 16.6. The number of carbonyl (C=O) groups is 1. The molecule has 3 heterocycles. The molecular formula is C14H18N4O4S. The van der Waals surface area contributed by atoms with Crippen LogP contribution in [0.4, 0.5) is 0 Å². The monoisotopic (exact) mass is 338 g/mol. The number of methoxy groups -OCH3 is 2. The van der Waals surface area contributed by atoms with Crippen LogP contribution < -0.4 is 5.56 Å². The molecule has 1 aliphatic heterocycles. The summed E-state index contributed by atoms with van der Waals surface area (Å²) in [5.41, 5.74) is 1.00. The molecule has 124 valence electrons. The van der Waals surface area contributed by atoms with Gasteiger partial charge in [-0.3, -0.25) is 9.59 Å². The average Bonchev–Trinajstić information content (AvgIpc) is 3.10. The zero-order valence-corrected chi connectivity index (χ0v) is 14.0. The Hall–Kier alpha value is -1.84. The Morgan fingerprint density at radius 3 is 2.65 bits per heavy atom. The Morgan fingerprint density at radius 1 is 1.35 bits per heavy atom. The highest BCUT2D eigenvalue weighted by Crippen LogP contribution is 2.22. The number of hydrogen-bond donors (Lipinski definition) is 1. The van der Waals surface area contributed by atoms with Crippen LogP contribution in [0.15, 0.2) is 15.9 Å². The van der Waals surface area contributed by atoms with E-state index in [0.717, 1.165) is 5.03 Å². The highest BCUT2D eigenvalue weighted by Gasteiger charge is 2.36. The van der Waals surface area contributed by atoms with Gasteiger partial charge in [0.25, 0.3) is 11.5 Å². The van der Waals surface area contributed by atoms with E-state index < -0.39 is 0 Å². The van der Waals surface area contributed by atoms with Crippen molar-refractivity contribution in [3.63, 3.8) is 0 Å². The van der Waals surface area contributed by atoms with Crippen molar-refractivity contribution >= 4 is 23.3 Å². The lowest BCUT2D eigenvalue weighted by Gasteiger charge is -2.26. The normalized spacial score (nSPS) is 14.3. The molecule has 0 radical (unpaired) electrons. The molecule has 2 aromatic heterocycles. The number of ether oxygens (including phenoxy) is 2. The molecule has 1 aliphatic rings. The molecule has 0 atom stereocenters. The molecule has 23 heavy (non-hydrogen) atoms. The number of nitrogens with one attached hydrogen (secondary N) is 1. The number of carbonyl (C=O) groups excluding carboxylic acids is 1. The predicted molar refractivity (Wildman–Crippen MR) is 85.0 cm³/mol. The van der Waals surface area contributed by atoms with Gasteiger partial charge in [-0.15, -0.1) is 11.8 Å². The average molecular weight is 338 g/mol. The molecule has 0 saturated heterocycles. The third-order valence-corrected chi connectivity index (χ3v) is 4.48. The second kappa shape index (κ2) is 6.34. The summed E-state index contributed by atoms with van der Waals surface area (Å²) in [5.74, 6) is -0.217. The fourth-order valence-electron chi connectivity index (χ4n) is 2.76. The summed E-state index contributed by atoms with van der Waals surface area (Å²) in [6.45, 7) is 0.913. The fourth-order valence-corrected chi connectivity index (χ4v) is 3.16. The van der Waals surface area contributed by atoms with Crippen molar-refractivity contribution in [1.29, 1.82) is 0 Å². The third kappa shape index (κ3) is 2.64. The maximum atomic E-state index is 12.7. The topological polar surface area (TPSA) is 88.9 Å². The summed E-state index contributed by atoms with van der Waals surface area (Å²) in [4.78, 5) is 29.9. The van der Waals surface area contributed by atoms with Gasteiger partial charge >= 0.3 is 0 Å². The molecular weight excluding hydrogens is 320 g/mol. The number of rotatable bonds is 6. The zero-order valence-electron chi connectivity index (χ0n) is 13.2. The smallest absolute Gasteiger partial charge is 0.280 e. The molecule has 3 rings (SSSR count). The Labute approximate surface area is 136 Å². The first-order valence-corrected chi connectivity index (χ1v) is 8.31. The van der Waals surface area contributed by atoms with E-state index in [1.807, 2.05) is 6.26 Å². The van der Waals surface area contributed by atoms with Crippen LogP contribution in [-0.4, -0.2) is 65.1 Å². The molecule has 0 unspecified atom stereocenters. The van der Waals surface area contributed by atoms with Gasteiger partial charge < -0.3 is 19.4 Å². The van der Waals surface area contributed by atoms with Gasteiger partial charge in [-0.25, -0.2) is 0 Å². The molecule has 0 spiro atoms. The van der Waals surface area contributed by atoms with Gasteiger partial charge in [0.05, 0.1) is 31.4 Å². The largest absolute Gasteiger partial charge is 0.382 e. The minimum atomic E-state index is -0.265. The van der Waals surface area contributed by atoms with E-state index in [0.29, 0.717) is 30.1 Å². The minimum absolute atomic E-state index is 0.217. The van der Waals surface area contributed by atoms with Crippen molar-refractivity contribution in [3.8, 4) is 0 Å². The van der Waals surface area contributed by atoms with E-state index in [2.05, 4.69) is 10.1 Å². The van der Waals surface area contributed by atoms with Gasteiger partial charge in [0.2, 0.25) is 0 Å². The van der Waals surface area contributed by atoms with E-state index >= 15 is 0 Å². The summed E-state index contributed by atoms with van der Waals surface area (Å²) in [5, 5.41) is 4.96. The minimum Gasteiger partial charge on any atom is -0.382 e. The summed E-state index contributed by atoms with van der Waals surface area (Å²) < 4.78 is 11.6. The maximum Gasteiger partial charge on any atom is 0.280 e. The Morgan fingerprint density at radius 2 is 2.04 bits per heavy atom. The van der Waals surface area contributed by atoms with Gasteiger partial charge in [-0.1, -0.05) is 0 Å². The SMILES string of the molecule is COCC(COC)N1Cc2c([nH]c3cc(SC)nn3c2=O)C1=O. The number of hydrogen-bond acceptors (Lipinski definition) is 6. The Kier molecular flexibility index (Phi) is 4.42. The van der Waals surface area contributed by atoms with Crippen molar-refractivity contribution in [1.82, 2.24) is 19.5 Å². The molecule has 9 heteroatoms. The lowest BCUT2D eigenvalue weighted by molar-refractivity contribution is 0.0300. The van der Waals surface area contributed by atoms with E-state index in [-0.39, 0.29) is 24.1 Å². The number of thioether (sulfide) groups is 1. The molecule has 0 saturated carbocycles. The highest BCUT2D eigenvalue weighted by molar-refractivity contribution is 7.98. The second-order valence-electron chi connectivity index (χ2n) is 5.27. The van der Waals surface area contributed by atoms with Crippen LogP contribution in [0.2, 0.25) is 0 Å². The number of fused-ring (bicyclic) bond motifs is 2. The van der Waals surface area contributed by atoms with Crippen LogP contribution in [0.5, 0.6) is 0 Å². The predicted octanol–water partition coefficient (Wildman–Crippen LogP) is 0.362. The molecule has 2 aromatic rings. The molecule has 1 amide bonds. The van der Waals surface area contributed by atoms with Crippen molar-refractivity contribution in [3.05, 3.63) is 27.7 Å². The van der Waals surface area contributed by atoms with Gasteiger partial charge in [-0.05, 0) is 6.26 Å². The van der Waals surface area contributed by atoms with Gasteiger partial charge in [0, 0.05) is 20.3 Å². The van der Waals surface area contributed by atoms with E-state index in [9.17, 15) is 9.59 Å². The van der Waals surface area contributed by atoms with Crippen molar-refractivity contribution in [2.24, 2.45) is 0 Å². The standard InChI is InChI=1S/C14H18N4O4S/c1-21-6-8(7-22-2)17-5-9-12(14(17)20)15-10-4-11(23-3)16-18(10)13(9)19/h4,8,15H,5-7H2,1-3H3. The summed E-state index contributed by atoms with van der Waals surface area (Å²) >= 11 is 1.44. The number of nitrogens with zero attached hydrogens (tertiary/aromatic N) is 3. The van der Waals surface area contributed by atoms with Crippen molar-refractivity contribution in [2.75, 3.05) is 33.7 Å². The molecule has 0 aromatic carbocycles. The summed E-state index contributed by atoms with van der Waals surface area (Å²) in [7, 11) is 3.14. The molecule has 0 fully saturated rings. The lowest BCUT2D eigenvalue weighted by atomic mass is 10.2. The fraction of sp³-hybridized carbons (Fsp3) is 0.500. The number of aromatic amines is 1. The van der Waals surface area contributed by atoms with Crippen LogP contribution in [0, 0.1) is 0 Å². The van der Waals surface area contributed by atoms with Gasteiger partial charge in [-0.2, -0.15) is 9.61 Å². The van der Waals surface area contributed by atoms with Crippen molar-refractivity contribution < 1.29 is 14.3 Å². The van der Waals surface area contributed by atoms with Crippen LogP contribution >= 0.6 is 11.8 Å². The quantitative estimate of drug-likeness (QED) is 0.765. The first kappa shape index (κ1) is 16.0. The first-order valence-electron chi connectivity index (χ1n) is 7.08. The number of amides is 1. The van der Waals surface area contributed by atoms with Crippen LogP contribution in [-0.2, 0) is 16.0 Å². The second-order valence-corrected chi connectivity index (χ2v) is 6.09.